The second kappa shape index (κ2) is 12.1. The first-order valence-electron chi connectivity index (χ1n) is 5.92. The fourth-order valence-corrected chi connectivity index (χ4v) is 1.74. The van der Waals surface area contributed by atoms with E-state index in [1.165, 1.54) is 17.6 Å². The topological polar surface area (TPSA) is 124 Å². The van der Waals surface area contributed by atoms with Crippen molar-refractivity contribution >= 4 is 77.0 Å². The zero-order chi connectivity index (χ0) is 15.1. The van der Waals surface area contributed by atoms with Gasteiger partial charge in [-0.15, -0.1) is 0 Å². The van der Waals surface area contributed by atoms with Crippen LogP contribution in [0.1, 0.15) is 28.8 Å². The molecule has 0 heterocycles. The number of hydrogen-bond donors (Lipinski definition) is 4. The third-order valence-electron chi connectivity index (χ3n) is 2.88. The second-order valence-electron chi connectivity index (χ2n) is 4.32. The number of benzene rings is 1. The van der Waals surface area contributed by atoms with Crippen LogP contribution in [-0.2, 0) is 16.0 Å². The van der Waals surface area contributed by atoms with Crippen LogP contribution in [0.25, 0.3) is 0 Å². The average Bonchev–Trinajstić information content (AvgIpc) is 2.43. The Labute approximate surface area is 171 Å². The van der Waals surface area contributed by atoms with Gasteiger partial charge in [0.25, 0.3) is 0 Å². The van der Waals surface area contributed by atoms with Crippen LogP contribution in [0, 0.1) is 5.92 Å². The zero-order valence-corrected chi connectivity index (χ0v) is 10.6. The fourth-order valence-electron chi connectivity index (χ4n) is 1.74. The van der Waals surface area contributed by atoms with Crippen LogP contribution in [0.2, 0.25) is 0 Å². The van der Waals surface area contributed by atoms with Gasteiger partial charge in [0, 0.05) is 6.42 Å². The third-order valence-corrected chi connectivity index (χ3v) is 2.88. The van der Waals surface area contributed by atoms with E-state index in [-0.39, 0.29) is 83.9 Å². The summed E-state index contributed by atoms with van der Waals surface area (Å²) < 4.78 is 0. The number of carbonyl (C=O) groups excluding carboxylic acids is 1. The molecule has 0 saturated carbocycles. The molecule has 1 atom stereocenters. The summed E-state index contributed by atoms with van der Waals surface area (Å²) in [5, 5.41) is 26.2. The van der Waals surface area contributed by atoms with Crippen molar-refractivity contribution in [3.05, 3.63) is 35.4 Å². The Morgan fingerprint density at radius 3 is 2.00 bits per heavy atom. The summed E-state index contributed by atoms with van der Waals surface area (Å²) in [7, 11) is 0. The molecular formula is C13H17NNa2O6. The molecule has 4 N–H and O–H groups in total. The van der Waals surface area contributed by atoms with Gasteiger partial charge in [-0.1, -0.05) is 12.1 Å². The number of carboxylic acid groups (broad SMARTS) is 2. The molecule has 1 rings (SSSR count). The van der Waals surface area contributed by atoms with E-state index in [0.717, 1.165) is 0 Å². The number of carbonyl (C=O) groups is 3. The SMILES string of the molecule is O=C(CCC(Cc1ccc(C(=O)O)cc1)C(=O)O)NO.[NaH].[NaH]. The van der Waals surface area contributed by atoms with E-state index in [9.17, 15) is 14.4 Å². The van der Waals surface area contributed by atoms with Crippen LogP contribution in [-0.4, -0.2) is 92.4 Å². The summed E-state index contributed by atoms with van der Waals surface area (Å²) in [5.41, 5.74) is 2.24. The van der Waals surface area contributed by atoms with E-state index in [4.69, 9.17) is 15.4 Å². The van der Waals surface area contributed by atoms with E-state index < -0.39 is 23.8 Å². The molecule has 9 heteroatoms. The number of rotatable bonds is 7. The Hall–Kier alpha value is -0.410. The fraction of sp³-hybridized carbons (Fsp3) is 0.308. The van der Waals surface area contributed by atoms with Crippen molar-refractivity contribution in [2.75, 3.05) is 0 Å². The molecule has 0 spiro atoms. The van der Waals surface area contributed by atoms with Gasteiger partial charge in [-0.3, -0.25) is 14.8 Å². The maximum atomic E-state index is 11.1. The number of carboxylic acids is 2. The molecule has 1 amide bonds. The minimum absolute atomic E-state index is 0. The van der Waals surface area contributed by atoms with Crippen LogP contribution in [0.15, 0.2) is 24.3 Å². The van der Waals surface area contributed by atoms with Crippen LogP contribution in [0.3, 0.4) is 0 Å². The van der Waals surface area contributed by atoms with Crippen molar-refractivity contribution in [2.24, 2.45) is 5.92 Å². The van der Waals surface area contributed by atoms with Gasteiger partial charge in [0.15, 0.2) is 0 Å². The Morgan fingerprint density at radius 2 is 1.59 bits per heavy atom. The van der Waals surface area contributed by atoms with Crippen molar-refractivity contribution in [2.45, 2.75) is 19.3 Å². The minimum atomic E-state index is -1.05. The molecule has 0 saturated heterocycles. The molecule has 0 bridgehead atoms. The number of amides is 1. The Bertz CT molecular complexity index is 506. The van der Waals surface area contributed by atoms with Gasteiger partial charge in [0.2, 0.25) is 5.91 Å². The summed E-state index contributed by atoms with van der Waals surface area (Å²) in [4.78, 5) is 32.7. The third kappa shape index (κ3) is 8.28. The first-order chi connectivity index (χ1) is 9.43. The predicted molar refractivity (Wildman–Crippen MR) is 81.7 cm³/mol. The summed E-state index contributed by atoms with van der Waals surface area (Å²) in [5.74, 6) is -3.51. The second-order valence-corrected chi connectivity index (χ2v) is 4.32. The number of hydrogen-bond acceptors (Lipinski definition) is 4. The van der Waals surface area contributed by atoms with Gasteiger partial charge in [-0.05, 0) is 30.5 Å². The standard InChI is InChI=1S/C13H15NO6.2Na.2H/c15-11(14-20)6-5-10(13(18)19)7-8-1-3-9(4-2-8)12(16)17;;;;/h1-4,10,20H,5-7H2,(H,14,15)(H,16,17)(H,18,19);;;;. The van der Waals surface area contributed by atoms with Crippen LogP contribution >= 0.6 is 0 Å². The Balaban J connectivity index is 0. The number of aliphatic carboxylic acids is 1. The molecule has 0 radical (unpaired) electrons. The molecule has 1 aromatic carbocycles. The number of nitrogens with one attached hydrogen (secondary N) is 1. The molecule has 0 aromatic heterocycles. The molecule has 1 aromatic rings. The Morgan fingerprint density at radius 1 is 1.05 bits per heavy atom. The number of hydroxylamine groups is 1. The Kier molecular flexibility index (Phi) is 13.1. The maximum absolute atomic E-state index is 11.1. The summed E-state index contributed by atoms with van der Waals surface area (Å²) in [6.45, 7) is 0. The molecule has 22 heavy (non-hydrogen) atoms. The van der Waals surface area contributed by atoms with E-state index >= 15 is 0 Å². The summed E-state index contributed by atoms with van der Waals surface area (Å²) >= 11 is 0. The summed E-state index contributed by atoms with van der Waals surface area (Å²) in [6.07, 6.45) is 0.178. The number of aromatic carboxylic acids is 1. The molecule has 7 nitrogen and oxygen atoms in total. The molecule has 0 aliphatic heterocycles. The van der Waals surface area contributed by atoms with Gasteiger partial charge in [0.1, 0.15) is 0 Å². The van der Waals surface area contributed by atoms with Crippen molar-refractivity contribution in [1.29, 1.82) is 0 Å². The quantitative estimate of drug-likeness (QED) is 0.307. The zero-order valence-electron chi connectivity index (χ0n) is 10.6. The molecule has 112 valence electrons. The van der Waals surface area contributed by atoms with Gasteiger partial charge in [0.05, 0.1) is 11.5 Å². The van der Waals surface area contributed by atoms with Crippen LogP contribution in [0.4, 0.5) is 0 Å². The van der Waals surface area contributed by atoms with Crippen molar-refractivity contribution in [1.82, 2.24) is 5.48 Å². The first-order valence-corrected chi connectivity index (χ1v) is 5.92. The van der Waals surface area contributed by atoms with Crippen molar-refractivity contribution in [3.8, 4) is 0 Å². The molecule has 0 aliphatic carbocycles. The van der Waals surface area contributed by atoms with Gasteiger partial charge >= 0.3 is 71.1 Å². The van der Waals surface area contributed by atoms with E-state index in [1.807, 2.05) is 0 Å². The summed E-state index contributed by atoms with van der Waals surface area (Å²) in [6, 6.07) is 5.89. The predicted octanol–water partition coefficient (Wildman–Crippen LogP) is -0.383. The first kappa shape index (κ1) is 23.9. The van der Waals surface area contributed by atoms with E-state index in [0.29, 0.717) is 5.56 Å². The molecule has 0 aliphatic rings. The van der Waals surface area contributed by atoms with E-state index in [1.54, 1.807) is 12.1 Å². The van der Waals surface area contributed by atoms with Gasteiger partial charge in [-0.2, -0.15) is 0 Å². The van der Waals surface area contributed by atoms with Gasteiger partial charge < -0.3 is 10.2 Å². The molecular weight excluding hydrogens is 312 g/mol. The van der Waals surface area contributed by atoms with E-state index in [2.05, 4.69) is 0 Å². The van der Waals surface area contributed by atoms with Crippen LogP contribution < -0.4 is 5.48 Å². The van der Waals surface area contributed by atoms with Crippen LogP contribution in [0.5, 0.6) is 0 Å². The van der Waals surface area contributed by atoms with Crippen molar-refractivity contribution in [3.63, 3.8) is 0 Å². The average molecular weight is 329 g/mol. The molecule has 0 fully saturated rings. The van der Waals surface area contributed by atoms with Gasteiger partial charge in [-0.25, -0.2) is 10.3 Å². The monoisotopic (exact) mass is 329 g/mol. The van der Waals surface area contributed by atoms with Crippen molar-refractivity contribution < 1.29 is 29.8 Å². The normalized spacial score (nSPS) is 10.6. The molecule has 1 unspecified atom stereocenters.